The molecule has 2 heterocycles. The first-order chi connectivity index (χ1) is 15.1. The number of aromatic nitrogens is 2. The Morgan fingerprint density at radius 3 is 2.55 bits per heavy atom. The van der Waals surface area contributed by atoms with Gasteiger partial charge in [0, 0.05) is 25.2 Å². The van der Waals surface area contributed by atoms with Gasteiger partial charge < -0.3 is 4.90 Å². The largest absolute Gasteiger partial charge is 0.346 e. The van der Waals surface area contributed by atoms with E-state index in [-0.39, 0.29) is 17.6 Å². The molecule has 164 valence electrons. The topological polar surface area (TPSA) is 41.4 Å². The van der Waals surface area contributed by atoms with E-state index >= 15 is 0 Å². The van der Waals surface area contributed by atoms with Crippen molar-refractivity contribution in [3.05, 3.63) is 60.2 Å². The second-order valence-electron chi connectivity index (χ2n) is 8.49. The average Bonchev–Trinajstić information content (AvgIpc) is 3.16. The van der Waals surface area contributed by atoms with Crippen LogP contribution in [0.3, 0.4) is 0 Å². The van der Waals surface area contributed by atoms with Crippen LogP contribution in [0.4, 0.5) is 4.39 Å². The minimum absolute atomic E-state index is 0.119. The monoisotopic (exact) mass is 422 g/mol. The number of hydrogen-bond donors (Lipinski definition) is 0. The summed E-state index contributed by atoms with van der Waals surface area (Å²) in [4.78, 5) is 21.9. The van der Waals surface area contributed by atoms with Crippen LogP contribution in [0.1, 0.15) is 38.4 Å². The van der Waals surface area contributed by atoms with E-state index in [0.717, 1.165) is 67.9 Å². The highest BCUT2D eigenvalue weighted by Crippen LogP contribution is 2.25. The number of hydrogen-bond acceptors (Lipinski definition) is 3. The normalized spacial score (nSPS) is 15.5. The van der Waals surface area contributed by atoms with Crippen LogP contribution < -0.4 is 0 Å². The van der Waals surface area contributed by atoms with Crippen LogP contribution in [-0.2, 0) is 11.3 Å². The molecule has 1 aliphatic heterocycles. The molecular formula is C25H31FN4O. The summed E-state index contributed by atoms with van der Waals surface area (Å²) < 4.78 is 15.6. The highest BCUT2D eigenvalue weighted by Gasteiger charge is 2.28. The average molecular weight is 423 g/mol. The van der Waals surface area contributed by atoms with Crippen molar-refractivity contribution < 1.29 is 9.18 Å². The summed E-state index contributed by atoms with van der Waals surface area (Å²) in [7, 11) is 1.93. The fraction of sp³-hybridized carbons (Fsp3) is 0.440. The number of carbonyl (C=O) groups is 1. The lowest BCUT2D eigenvalue weighted by Crippen LogP contribution is -2.41. The van der Waals surface area contributed by atoms with Gasteiger partial charge in [0.15, 0.2) is 0 Å². The lowest BCUT2D eigenvalue weighted by molar-refractivity contribution is -0.135. The van der Waals surface area contributed by atoms with Crippen molar-refractivity contribution in [3.8, 4) is 5.69 Å². The Morgan fingerprint density at radius 1 is 1.13 bits per heavy atom. The first-order valence-electron chi connectivity index (χ1n) is 11.3. The van der Waals surface area contributed by atoms with Gasteiger partial charge in [-0.3, -0.25) is 14.3 Å². The Hall–Kier alpha value is -2.73. The van der Waals surface area contributed by atoms with E-state index < -0.39 is 0 Å². The summed E-state index contributed by atoms with van der Waals surface area (Å²) in [5, 5.41) is 0. The van der Waals surface area contributed by atoms with Gasteiger partial charge in [-0.15, -0.1) is 0 Å². The summed E-state index contributed by atoms with van der Waals surface area (Å²) in [5.74, 6) is 1.10. The number of amides is 1. The molecule has 0 unspecified atom stereocenters. The fourth-order valence-corrected chi connectivity index (χ4v) is 4.42. The molecule has 1 saturated heterocycles. The predicted octanol–water partition coefficient (Wildman–Crippen LogP) is 4.64. The highest BCUT2D eigenvalue weighted by molar-refractivity contribution is 5.79. The molecule has 5 nitrogen and oxygen atoms in total. The molecule has 1 aliphatic rings. The van der Waals surface area contributed by atoms with Crippen LogP contribution in [0.5, 0.6) is 0 Å². The molecule has 1 fully saturated rings. The van der Waals surface area contributed by atoms with Gasteiger partial charge in [-0.1, -0.05) is 25.5 Å². The van der Waals surface area contributed by atoms with Gasteiger partial charge in [0.1, 0.15) is 11.6 Å². The van der Waals surface area contributed by atoms with E-state index in [2.05, 4.69) is 16.4 Å². The van der Waals surface area contributed by atoms with Gasteiger partial charge in [-0.05, 0) is 68.8 Å². The number of fused-ring (bicyclic) bond motifs is 1. The molecule has 0 atom stereocenters. The van der Waals surface area contributed by atoms with E-state index in [9.17, 15) is 9.18 Å². The number of likely N-dealkylation sites (tertiary alicyclic amines) is 1. The molecule has 4 rings (SSSR count). The number of para-hydroxylation sites is 2. The molecule has 0 spiro atoms. The maximum absolute atomic E-state index is 13.5. The molecule has 0 saturated carbocycles. The molecule has 0 N–H and O–H groups in total. The SMILES string of the molecule is CCCCN(C)C(=O)C1CCN(Cc2nc3ccccc3n2-c2ccc(F)cc2)CC1. The zero-order valence-corrected chi connectivity index (χ0v) is 18.4. The Balaban J connectivity index is 1.48. The first-order valence-corrected chi connectivity index (χ1v) is 11.3. The summed E-state index contributed by atoms with van der Waals surface area (Å²) in [6.45, 7) is 5.46. The molecule has 0 aliphatic carbocycles. The second kappa shape index (κ2) is 9.60. The minimum Gasteiger partial charge on any atom is -0.346 e. The van der Waals surface area contributed by atoms with Gasteiger partial charge in [0.2, 0.25) is 5.91 Å². The lowest BCUT2D eigenvalue weighted by atomic mass is 9.95. The molecule has 2 aromatic carbocycles. The number of imidazole rings is 1. The van der Waals surface area contributed by atoms with Gasteiger partial charge >= 0.3 is 0 Å². The van der Waals surface area contributed by atoms with E-state index in [4.69, 9.17) is 4.98 Å². The van der Waals surface area contributed by atoms with Crippen molar-refractivity contribution in [2.45, 2.75) is 39.2 Å². The quantitative estimate of drug-likeness (QED) is 0.557. The zero-order chi connectivity index (χ0) is 21.8. The standard InChI is InChI=1S/C25H31FN4O/c1-3-4-15-28(2)25(31)19-13-16-29(17-14-19)18-24-27-22-7-5-6-8-23(22)30(24)21-11-9-20(26)10-12-21/h5-12,19H,3-4,13-18H2,1-2H3. The molecule has 0 bridgehead atoms. The molecule has 31 heavy (non-hydrogen) atoms. The highest BCUT2D eigenvalue weighted by atomic mass is 19.1. The van der Waals surface area contributed by atoms with Crippen LogP contribution in [0.15, 0.2) is 48.5 Å². The Labute approximate surface area is 183 Å². The van der Waals surface area contributed by atoms with Crippen molar-refractivity contribution in [2.75, 3.05) is 26.7 Å². The van der Waals surface area contributed by atoms with Gasteiger partial charge in [0.25, 0.3) is 0 Å². The second-order valence-corrected chi connectivity index (χ2v) is 8.49. The van der Waals surface area contributed by atoms with Crippen LogP contribution in [0, 0.1) is 11.7 Å². The Bertz CT molecular complexity index is 1020. The third kappa shape index (κ3) is 4.79. The molecule has 1 aromatic heterocycles. The summed E-state index contributed by atoms with van der Waals surface area (Å²) in [6.07, 6.45) is 3.92. The third-order valence-corrected chi connectivity index (χ3v) is 6.24. The van der Waals surface area contributed by atoms with Crippen LogP contribution in [0.25, 0.3) is 16.7 Å². The number of unbranched alkanes of at least 4 members (excludes halogenated alkanes) is 1. The lowest BCUT2D eigenvalue weighted by Gasteiger charge is -2.33. The van der Waals surface area contributed by atoms with Crippen molar-refractivity contribution in [2.24, 2.45) is 5.92 Å². The number of rotatable bonds is 7. The van der Waals surface area contributed by atoms with Crippen molar-refractivity contribution in [1.82, 2.24) is 19.4 Å². The summed E-state index contributed by atoms with van der Waals surface area (Å²) in [5.41, 5.74) is 2.86. The predicted molar refractivity (Wildman–Crippen MR) is 122 cm³/mol. The smallest absolute Gasteiger partial charge is 0.225 e. The van der Waals surface area contributed by atoms with Crippen LogP contribution >= 0.6 is 0 Å². The molecule has 6 heteroatoms. The van der Waals surface area contributed by atoms with E-state index in [1.54, 1.807) is 12.1 Å². The number of piperidine rings is 1. The van der Waals surface area contributed by atoms with Crippen molar-refractivity contribution in [1.29, 1.82) is 0 Å². The van der Waals surface area contributed by atoms with Crippen LogP contribution in [-0.4, -0.2) is 51.9 Å². The summed E-state index contributed by atoms with van der Waals surface area (Å²) in [6, 6.07) is 14.6. The number of carbonyl (C=O) groups excluding carboxylic acids is 1. The third-order valence-electron chi connectivity index (χ3n) is 6.24. The molecule has 1 amide bonds. The van der Waals surface area contributed by atoms with Crippen molar-refractivity contribution >= 4 is 16.9 Å². The zero-order valence-electron chi connectivity index (χ0n) is 18.4. The molecule has 3 aromatic rings. The van der Waals surface area contributed by atoms with Gasteiger partial charge in [-0.2, -0.15) is 0 Å². The fourth-order valence-electron chi connectivity index (χ4n) is 4.42. The van der Waals surface area contributed by atoms with Crippen LogP contribution in [0.2, 0.25) is 0 Å². The minimum atomic E-state index is -0.245. The van der Waals surface area contributed by atoms with E-state index in [1.165, 1.54) is 12.1 Å². The first kappa shape index (κ1) is 21.5. The van der Waals surface area contributed by atoms with Gasteiger partial charge in [-0.25, -0.2) is 9.37 Å². The summed E-state index contributed by atoms with van der Waals surface area (Å²) >= 11 is 0. The number of benzene rings is 2. The Kier molecular flexibility index (Phi) is 6.66. The molecular weight excluding hydrogens is 391 g/mol. The maximum atomic E-state index is 13.5. The van der Waals surface area contributed by atoms with E-state index in [0.29, 0.717) is 6.54 Å². The number of nitrogens with zero attached hydrogens (tertiary/aromatic N) is 4. The van der Waals surface area contributed by atoms with Gasteiger partial charge in [0.05, 0.1) is 17.6 Å². The number of halogens is 1. The molecule has 0 radical (unpaired) electrons. The maximum Gasteiger partial charge on any atom is 0.225 e. The Morgan fingerprint density at radius 2 is 1.84 bits per heavy atom. The van der Waals surface area contributed by atoms with Crippen molar-refractivity contribution in [3.63, 3.8) is 0 Å². The van der Waals surface area contributed by atoms with E-state index in [1.807, 2.05) is 36.2 Å².